The van der Waals surface area contributed by atoms with Crippen molar-refractivity contribution in [1.29, 1.82) is 0 Å². The van der Waals surface area contributed by atoms with Crippen LogP contribution in [0, 0.1) is 6.92 Å². The lowest BCUT2D eigenvalue weighted by Gasteiger charge is -2.21. The number of hydrogen-bond acceptors (Lipinski definition) is 4. The number of benzene rings is 1. The number of hydrazine groups is 1. The molecule has 0 aliphatic carbocycles. The van der Waals surface area contributed by atoms with Crippen LogP contribution in [0.25, 0.3) is 10.9 Å². The number of nitrogen functional groups attached to an aromatic ring is 1. The van der Waals surface area contributed by atoms with Crippen LogP contribution in [0.3, 0.4) is 0 Å². The van der Waals surface area contributed by atoms with Crippen molar-refractivity contribution in [3.05, 3.63) is 34.0 Å². The maximum absolute atomic E-state index is 6.27. The summed E-state index contributed by atoms with van der Waals surface area (Å²) in [5, 5.41) is 1.61. The number of halogens is 1. The number of aromatic nitrogens is 1. The predicted molar refractivity (Wildman–Crippen MR) is 72.7 cm³/mol. The lowest BCUT2D eigenvalue weighted by atomic mass is 10.0. The lowest BCUT2D eigenvalue weighted by Crippen LogP contribution is -2.18. The van der Waals surface area contributed by atoms with Crippen LogP contribution < -0.4 is 11.3 Å². The average molecular weight is 264 g/mol. The molecule has 1 aromatic heterocycles. The summed E-state index contributed by atoms with van der Waals surface area (Å²) in [5.74, 6) is 5.66. The van der Waals surface area contributed by atoms with Gasteiger partial charge in [-0.1, -0.05) is 11.6 Å². The van der Waals surface area contributed by atoms with Gasteiger partial charge in [-0.15, -0.1) is 0 Å². The molecule has 0 bridgehead atoms. The largest absolute Gasteiger partial charge is 0.376 e. The van der Waals surface area contributed by atoms with Crippen molar-refractivity contribution < 1.29 is 4.74 Å². The first kappa shape index (κ1) is 11.7. The van der Waals surface area contributed by atoms with Gasteiger partial charge in [0.1, 0.15) is 0 Å². The Balaban J connectivity index is 2.40. The Morgan fingerprint density at radius 1 is 1.44 bits per heavy atom. The fourth-order valence-electron chi connectivity index (χ4n) is 2.42. The molecule has 0 unspecified atom stereocenters. The van der Waals surface area contributed by atoms with Crippen LogP contribution in [0.5, 0.6) is 0 Å². The molecule has 5 heteroatoms. The van der Waals surface area contributed by atoms with Crippen LogP contribution in [-0.2, 0) is 17.8 Å². The van der Waals surface area contributed by atoms with Gasteiger partial charge in [0.2, 0.25) is 0 Å². The molecule has 0 spiro atoms. The van der Waals surface area contributed by atoms with Gasteiger partial charge in [-0.2, -0.15) is 0 Å². The molecule has 0 saturated carbocycles. The second-order valence-electron chi connectivity index (χ2n) is 4.50. The monoisotopic (exact) mass is 263 g/mol. The molecule has 1 aromatic carbocycles. The zero-order valence-corrected chi connectivity index (χ0v) is 10.8. The number of ether oxygens (including phenoxy) is 1. The Bertz CT molecular complexity index is 627. The molecule has 0 atom stereocenters. The van der Waals surface area contributed by atoms with E-state index in [-0.39, 0.29) is 0 Å². The SMILES string of the molecule is Cc1cc(Cl)c2nc3c(c(NN)c2c1)COCC3. The Morgan fingerprint density at radius 3 is 3.06 bits per heavy atom. The second-order valence-corrected chi connectivity index (χ2v) is 4.91. The maximum Gasteiger partial charge on any atom is 0.0913 e. The van der Waals surface area contributed by atoms with Gasteiger partial charge in [0, 0.05) is 17.4 Å². The van der Waals surface area contributed by atoms with Crippen molar-refractivity contribution in [3.63, 3.8) is 0 Å². The molecule has 18 heavy (non-hydrogen) atoms. The first-order valence-electron chi connectivity index (χ1n) is 5.86. The molecule has 3 N–H and O–H groups in total. The molecule has 0 saturated heterocycles. The van der Waals surface area contributed by atoms with Crippen LogP contribution in [-0.4, -0.2) is 11.6 Å². The molecule has 94 valence electrons. The molecule has 0 amide bonds. The Kier molecular flexibility index (Phi) is 2.86. The third-order valence-electron chi connectivity index (χ3n) is 3.25. The van der Waals surface area contributed by atoms with Gasteiger partial charge in [0.15, 0.2) is 0 Å². The summed E-state index contributed by atoms with van der Waals surface area (Å²) >= 11 is 6.27. The van der Waals surface area contributed by atoms with Crippen LogP contribution in [0.2, 0.25) is 5.02 Å². The van der Waals surface area contributed by atoms with E-state index in [0.717, 1.165) is 39.8 Å². The highest BCUT2D eigenvalue weighted by atomic mass is 35.5. The third-order valence-corrected chi connectivity index (χ3v) is 3.54. The van der Waals surface area contributed by atoms with E-state index in [2.05, 4.69) is 10.4 Å². The van der Waals surface area contributed by atoms with Crippen LogP contribution in [0.4, 0.5) is 5.69 Å². The van der Waals surface area contributed by atoms with Gasteiger partial charge in [-0.25, -0.2) is 0 Å². The lowest BCUT2D eigenvalue weighted by molar-refractivity contribution is 0.110. The zero-order valence-electron chi connectivity index (χ0n) is 10.1. The van der Waals surface area contributed by atoms with E-state index in [1.165, 1.54) is 0 Å². The Morgan fingerprint density at radius 2 is 2.28 bits per heavy atom. The summed E-state index contributed by atoms with van der Waals surface area (Å²) in [5.41, 5.74) is 7.60. The van der Waals surface area contributed by atoms with Crippen LogP contribution >= 0.6 is 11.6 Å². The summed E-state index contributed by atoms with van der Waals surface area (Å²) in [6.45, 7) is 3.24. The van der Waals surface area contributed by atoms with Crippen molar-refractivity contribution in [2.45, 2.75) is 20.0 Å². The number of nitrogens with two attached hydrogens (primary N) is 1. The van der Waals surface area contributed by atoms with Crippen LogP contribution in [0.1, 0.15) is 16.8 Å². The first-order chi connectivity index (χ1) is 8.70. The molecule has 3 rings (SSSR count). The number of aryl methyl sites for hydroxylation is 1. The van der Waals surface area contributed by atoms with E-state index < -0.39 is 0 Å². The van der Waals surface area contributed by atoms with Gasteiger partial charge in [0.05, 0.1) is 35.1 Å². The summed E-state index contributed by atoms with van der Waals surface area (Å²) in [4.78, 5) is 4.66. The number of rotatable bonds is 1. The molecular formula is C13H14ClN3O. The van der Waals surface area contributed by atoms with Gasteiger partial charge in [-0.05, 0) is 24.6 Å². The quantitative estimate of drug-likeness (QED) is 0.613. The van der Waals surface area contributed by atoms with Crippen molar-refractivity contribution >= 4 is 28.2 Å². The zero-order chi connectivity index (χ0) is 12.7. The third kappa shape index (κ3) is 1.73. The second kappa shape index (κ2) is 4.39. The van der Waals surface area contributed by atoms with Gasteiger partial charge in [0.25, 0.3) is 0 Å². The van der Waals surface area contributed by atoms with Gasteiger partial charge >= 0.3 is 0 Å². The van der Waals surface area contributed by atoms with E-state index in [1.54, 1.807) is 0 Å². The highest BCUT2D eigenvalue weighted by Gasteiger charge is 2.19. The van der Waals surface area contributed by atoms with Crippen molar-refractivity contribution in [2.75, 3.05) is 12.0 Å². The summed E-state index contributed by atoms with van der Waals surface area (Å²) in [6.07, 6.45) is 0.796. The molecule has 4 nitrogen and oxygen atoms in total. The maximum atomic E-state index is 6.27. The smallest absolute Gasteiger partial charge is 0.0913 e. The standard InChI is InChI=1S/C13H14ClN3O/c1-7-4-8-12(17-15)9-6-18-3-2-11(9)16-13(8)10(14)5-7/h4-5H,2-3,6,15H2,1H3,(H,16,17). The first-order valence-corrected chi connectivity index (χ1v) is 6.24. The van der Waals surface area contributed by atoms with Crippen molar-refractivity contribution in [3.8, 4) is 0 Å². The molecular weight excluding hydrogens is 250 g/mol. The highest BCUT2D eigenvalue weighted by Crippen LogP contribution is 2.34. The van der Waals surface area contributed by atoms with Gasteiger partial charge < -0.3 is 10.2 Å². The van der Waals surface area contributed by atoms with Gasteiger partial charge in [-0.3, -0.25) is 10.8 Å². The molecule has 2 aromatic rings. The topological polar surface area (TPSA) is 60.2 Å². The normalized spacial score (nSPS) is 14.6. The number of nitrogens with one attached hydrogen (secondary N) is 1. The van der Waals surface area contributed by atoms with E-state index in [1.807, 2.05) is 19.1 Å². The Hall–Kier alpha value is -1.36. The van der Waals surface area contributed by atoms with Crippen molar-refractivity contribution in [1.82, 2.24) is 4.98 Å². The number of anilines is 1. The molecule has 0 radical (unpaired) electrons. The number of fused-ring (bicyclic) bond motifs is 2. The summed E-state index contributed by atoms with van der Waals surface area (Å²) in [6, 6.07) is 3.96. The van der Waals surface area contributed by atoms with E-state index in [4.69, 9.17) is 22.2 Å². The highest BCUT2D eigenvalue weighted by molar-refractivity contribution is 6.35. The Labute approximate surface area is 110 Å². The molecule has 1 aliphatic rings. The summed E-state index contributed by atoms with van der Waals surface area (Å²) in [7, 11) is 0. The fourth-order valence-corrected chi connectivity index (χ4v) is 2.73. The van der Waals surface area contributed by atoms with E-state index in [0.29, 0.717) is 18.2 Å². The minimum atomic E-state index is 0.545. The summed E-state index contributed by atoms with van der Waals surface area (Å²) < 4.78 is 5.48. The van der Waals surface area contributed by atoms with E-state index >= 15 is 0 Å². The number of hydrogen-bond donors (Lipinski definition) is 2. The minimum Gasteiger partial charge on any atom is -0.376 e. The molecule has 0 fully saturated rings. The predicted octanol–water partition coefficient (Wildman–Crippen LogP) is 2.55. The van der Waals surface area contributed by atoms with Crippen molar-refractivity contribution in [2.24, 2.45) is 5.84 Å². The molecule has 2 heterocycles. The average Bonchev–Trinajstić information content (AvgIpc) is 2.36. The fraction of sp³-hybridized carbons (Fsp3) is 0.308. The molecule has 1 aliphatic heterocycles. The minimum absolute atomic E-state index is 0.545. The number of pyridine rings is 1. The number of nitrogens with zero attached hydrogens (tertiary/aromatic N) is 1. The van der Waals surface area contributed by atoms with Crippen LogP contribution in [0.15, 0.2) is 12.1 Å². The van der Waals surface area contributed by atoms with E-state index in [9.17, 15) is 0 Å².